The maximum atomic E-state index is 6.10. The number of rotatable bonds is 5. The normalized spacial score (nSPS) is 24.8. The molecule has 0 saturated carbocycles. The van der Waals surface area contributed by atoms with Gasteiger partial charge in [0.05, 0.1) is 18.4 Å². The SMILES string of the molecule is c1ccc(CO[C@@H]2C[C@H]3CN(Cc4ccncc4)CCN3C2)nc1. The van der Waals surface area contributed by atoms with Crippen molar-refractivity contribution >= 4 is 0 Å². The van der Waals surface area contributed by atoms with Crippen molar-refractivity contribution in [2.75, 3.05) is 26.2 Å². The van der Waals surface area contributed by atoms with Gasteiger partial charge in [-0.1, -0.05) is 6.07 Å². The average molecular weight is 324 g/mol. The molecule has 0 radical (unpaired) electrons. The Morgan fingerprint density at radius 3 is 2.79 bits per heavy atom. The number of hydrogen-bond acceptors (Lipinski definition) is 5. The number of fused-ring (bicyclic) bond motifs is 1. The van der Waals surface area contributed by atoms with E-state index in [1.165, 1.54) is 5.56 Å². The molecule has 5 nitrogen and oxygen atoms in total. The highest BCUT2D eigenvalue weighted by Crippen LogP contribution is 2.25. The second-order valence-corrected chi connectivity index (χ2v) is 6.73. The van der Waals surface area contributed by atoms with Crippen molar-refractivity contribution in [3.63, 3.8) is 0 Å². The van der Waals surface area contributed by atoms with Crippen LogP contribution in [-0.4, -0.2) is 58.1 Å². The molecule has 2 saturated heterocycles. The van der Waals surface area contributed by atoms with Crippen LogP contribution >= 0.6 is 0 Å². The van der Waals surface area contributed by atoms with Gasteiger partial charge in [-0.2, -0.15) is 0 Å². The molecule has 2 aliphatic heterocycles. The minimum atomic E-state index is 0.331. The van der Waals surface area contributed by atoms with E-state index in [0.717, 1.165) is 44.8 Å². The third kappa shape index (κ3) is 3.80. The van der Waals surface area contributed by atoms with Gasteiger partial charge in [-0.15, -0.1) is 0 Å². The van der Waals surface area contributed by atoms with Gasteiger partial charge in [-0.3, -0.25) is 19.8 Å². The lowest BCUT2D eigenvalue weighted by Crippen LogP contribution is -2.49. The van der Waals surface area contributed by atoms with Gasteiger partial charge in [0.2, 0.25) is 0 Å². The van der Waals surface area contributed by atoms with Crippen LogP contribution < -0.4 is 0 Å². The predicted octanol–water partition coefficient (Wildman–Crippen LogP) is 1.95. The van der Waals surface area contributed by atoms with Gasteiger partial charge in [-0.05, 0) is 36.2 Å². The van der Waals surface area contributed by atoms with Crippen LogP contribution in [0.1, 0.15) is 17.7 Å². The van der Waals surface area contributed by atoms with E-state index in [2.05, 4.69) is 31.9 Å². The van der Waals surface area contributed by atoms with Crippen molar-refractivity contribution in [3.05, 3.63) is 60.2 Å². The van der Waals surface area contributed by atoms with E-state index in [9.17, 15) is 0 Å². The molecule has 2 fully saturated rings. The molecule has 4 rings (SSSR count). The number of hydrogen-bond donors (Lipinski definition) is 0. The number of nitrogens with zero attached hydrogens (tertiary/aromatic N) is 4. The van der Waals surface area contributed by atoms with Crippen LogP contribution in [0.3, 0.4) is 0 Å². The third-order valence-corrected chi connectivity index (χ3v) is 5.01. The topological polar surface area (TPSA) is 41.5 Å². The molecule has 0 N–H and O–H groups in total. The summed E-state index contributed by atoms with van der Waals surface area (Å²) in [6.07, 6.45) is 7.04. The maximum Gasteiger partial charge on any atom is 0.0892 e. The Kier molecular flexibility index (Phi) is 4.83. The van der Waals surface area contributed by atoms with E-state index in [1.807, 2.05) is 36.8 Å². The van der Waals surface area contributed by atoms with Gasteiger partial charge >= 0.3 is 0 Å². The number of aromatic nitrogens is 2. The number of piperazine rings is 1. The zero-order valence-corrected chi connectivity index (χ0v) is 13.9. The van der Waals surface area contributed by atoms with Crippen LogP contribution in [0.5, 0.6) is 0 Å². The zero-order valence-electron chi connectivity index (χ0n) is 13.9. The Morgan fingerprint density at radius 2 is 1.96 bits per heavy atom. The molecule has 4 heterocycles. The quantitative estimate of drug-likeness (QED) is 0.841. The lowest BCUT2D eigenvalue weighted by molar-refractivity contribution is 0.0440. The first-order valence-corrected chi connectivity index (χ1v) is 8.73. The van der Waals surface area contributed by atoms with Crippen molar-refractivity contribution in [2.45, 2.75) is 31.7 Å². The Balaban J connectivity index is 1.28. The van der Waals surface area contributed by atoms with Crippen LogP contribution in [0, 0.1) is 0 Å². The van der Waals surface area contributed by atoms with Gasteiger partial charge in [0, 0.05) is 57.4 Å². The summed E-state index contributed by atoms with van der Waals surface area (Å²) in [6, 6.07) is 10.8. The number of pyridine rings is 2. The fourth-order valence-electron chi connectivity index (χ4n) is 3.76. The maximum absolute atomic E-state index is 6.10. The van der Waals surface area contributed by atoms with Crippen molar-refractivity contribution < 1.29 is 4.74 Å². The van der Waals surface area contributed by atoms with Crippen molar-refractivity contribution in [1.82, 2.24) is 19.8 Å². The van der Waals surface area contributed by atoms with Crippen molar-refractivity contribution in [3.8, 4) is 0 Å². The zero-order chi connectivity index (χ0) is 16.2. The van der Waals surface area contributed by atoms with Crippen LogP contribution in [-0.2, 0) is 17.9 Å². The molecular weight excluding hydrogens is 300 g/mol. The van der Waals surface area contributed by atoms with Crippen LogP contribution in [0.2, 0.25) is 0 Å². The van der Waals surface area contributed by atoms with E-state index in [0.29, 0.717) is 18.8 Å². The summed E-state index contributed by atoms with van der Waals surface area (Å²) in [4.78, 5) is 13.6. The Labute approximate surface area is 143 Å². The molecule has 2 aromatic heterocycles. The molecule has 0 bridgehead atoms. The molecule has 0 amide bonds. The first kappa shape index (κ1) is 15.7. The molecule has 0 spiro atoms. The lowest BCUT2D eigenvalue weighted by Gasteiger charge is -2.37. The highest BCUT2D eigenvalue weighted by molar-refractivity contribution is 5.10. The smallest absolute Gasteiger partial charge is 0.0892 e. The third-order valence-electron chi connectivity index (χ3n) is 5.01. The molecule has 126 valence electrons. The molecule has 24 heavy (non-hydrogen) atoms. The summed E-state index contributed by atoms with van der Waals surface area (Å²) in [7, 11) is 0. The molecule has 2 atom stereocenters. The van der Waals surface area contributed by atoms with Gasteiger partial charge < -0.3 is 4.74 Å². The summed E-state index contributed by atoms with van der Waals surface area (Å²) in [5, 5.41) is 0. The Hall–Kier alpha value is -1.82. The lowest BCUT2D eigenvalue weighted by atomic mass is 10.1. The van der Waals surface area contributed by atoms with E-state index in [-0.39, 0.29) is 0 Å². The summed E-state index contributed by atoms with van der Waals surface area (Å²) in [5.74, 6) is 0. The van der Waals surface area contributed by atoms with Crippen molar-refractivity contribution in [1.29, 1.82) is 0 Å². The standard InChI is InChI=1S/C19H24N4O/c1-2-6-21-17(3-1)15-24-19-11-18-13-22(9-10-23(18)14-19)12-16-4-7-20-8-5-16/h1-8,18-19H,9-15H2/t18-,19+/m0/s1. The highest BCUT2D eigenvalue weighted by atomic mass is 16.5. The Bertz CT molecular complexity index is 636. The minimum Gasteiger partial charge on any atom is -0.371 e. The second-order valence-electron chi connectivity index (χ2n) is 6.73. The van der Waals surface area contributed by atoms with Gasteiger partial charge in [0.25, 0.3) is 0 Å². The van der Waals surface area contributed by atoms with Gasteiger partial charge in [0.15, 0.2) is 0 Å². The molecule has 0 aliphatic carbocycles. The van der Waals surface area contributed by atoms with E-state index >= 15 is 0 Å². The largest absolute Gasteiger partial charge is 0.371 e. The van der Waals surface area contributed by atoms with Gasteiger partial charge in [0.1, 0.15) is 0 Å². The first-order valence-electron chi connectivity index (χ1n) is 8.73. The monoisotopic (exact) mass is 324 g/mol. The molecule has 2 aliphatic rings. The predicted molar refractivity (Wildman–Crippen MR) is 92.3 cm³/mol. The van der Waals surface area contributed by atoms with Crippen LogP contribution in [0.15, 0.2) is 48.9 Å². The van der Waals surface area contributed by atoms with Crippen LogP contribution in [0.25, 0.3) is 0 Å². The van der Waals surface area contributed by atoms with Crippen molar-refractivity contribution in [2.24, 2.45) is 0 Å². The van der Waals surface area contributed by atoms with E-state index in [1.54, 1.807) is 0 Å². The minimum absolute atomic E-state index is 0.331. The van der Waals surface area contributed by atoms with Gasteiger partial charge in [-0.25, -0.2) is 0 Å². The fraction of sp³-hybridized carbons (Fsp3) is 0.474. The molecule has 0 aromatic carbocycles. The van der Waals surface area contributed by atoms with E-state index in [4.69, 9.17) is 4.74 Å². The number of ether oxygens (including phenoxy) is 1. The highest BCUT2D eigenvalue weighted by Gasteiger charge is 2.36. The molecule has 0 unspecified atom stereocenters. The molecule has 2 aromatic rings. The second kappa shape index (κ2) is 7.38. The molecular formula is C19H24N4O. The summed E-state index contributed by atoms with van der Waals surface area (Å²) in [6.45, 7) is 6.09. The first-order chi connectivity index (χ1) is 11.9. The summed E-state index contributed by atoms with van der Waals surface area (Å²) < 4.78 is 6.10. The van der Waals surface area contributed by atoms with Crippen LogP contribution in [0.4, 0.5) is 0 Å². The summed E-state index contributed by atoms with van der Waals surface area (Å²) >= 11 is 0. The van der Waals surface area contributed by atoms with E-state index < -0.39 is 0 Å². The summed E-state index contributed by atoms with van der Waals surface area (Å²) in [5.41, 5.74) is 2.36. The average Bonchev–Trinajstić information content (AvgIpc) is 3.04. The fourth-order valence-corrected chi connectivity index (χ4v) is 3.76. The Morgan fingerprint density at radius 1 is 1.04 bits per heavy atom. The molecule has 5 heteroatoms.